The zero-order valence-electron chi connectivity index (χ0n) is 4.39. The van der Waals surface area contributed by atoms with E-state index < -0.39 is 0 Å². The molecule has 1 unspecified atom stereocenters. The van der Waals surface area contributed by atoms with Gasteiger partial charge < -0.3 is 5.11 Å². The van der Waals surface area contributed by atoms with Crippen LogP contribution < -0.4 is 0 Å². The van der Waals surface area contributed by atoms with E-state index in [1.807, 2.05) is 22.6 Å². The van der Waals surface area contributed by atoms with Crippen LogP contribution in [0, 0.1) is 0 Å². The van der Waals surface area contributed by atoms with E-state index in [2.05, 4.69) is 6.92 Å². The zero-order chi connectivity index (χ0) is 4.99. The van der Waals surface area contributed by atoms with Crippen molar-refractivity contribution in [3.63, 3.8) is 0 Å². The highest BCUT2D eigenvalue weighted by atomic mass is 127. The Kier molecular flexibility index (Phi) is 11.4. The minimum atomic E-state index is -0.132. The van der Waals surface area contributed by atoms with Gasteiger partial charge in [-0.3, -0.25) is 0 Å². The van der Waals surface area contributed by atoms with Crippen molar-refractivity contribution in [2.24, 2.45) is 0 Å². The van der Waals surface area contributed by atoms with Gasteiger partial charge in [0, 0.05) is 17.4 Å². The van der Waals surface area contributed by atoms with Gasteiger partial charge in [-0.2, -0.15) is 0 Å². The summed E-state index contributed by atoms with van der Waals surface area (Å²) >= 11 is 2.00. The fourth-order valence-electron chi connectivity index (χ4n) is 0.238. The van der Waals surface area contributed by atoms with E-state index in [1.54, 1.807) is 0 Å². The van der Waals surface area contributed by atoms with Gasteiger partial charge in [0.05, 0.1) is 0 Å². The summed E-state index contributed by atoms with van der Waals surface area (Å²) in [6.07, 6.45) is 1.99. The summed E-state index contributed by atoms with van der Waals surface area (Å²) in [7, 11) is 0. The lowest BCUT2D eigenvalue weighted by Gasteiger charge is -1.93. The molecule has 0 fully saturated rings. The lowest BCUT2D eigenvalue weighted by atomic mass is 10.4. The first kappa shape index (κ1) is 11.1. The average Bonchev–Trinajstić information content (AvgIpc) is 1.35. The molecule has 0 saturated heterocycles. The Morgan fingerprint density at radius 2 is 2.14 bits per heavy atom. The van der Waals surface area contributed by atoms with Crippen molar-refractivity contribution in [2.45, 2.75) is 23.9 Å². The van der Waals surface area contributed by atoms with Gasteiger partial charge in [-0.25, -0.2) is 0 Å². The van der Waals surface area contributed by atoms with E-state index in [0.717, 1.165) is 12.8 Å². The average molecular weight is 227 g/mol. The Bertz CT molecular complexity index is 32.9. The van der Waals surface area contributed by atoms with E-state index in [4.69, 9.17) is 5.11 Å². The van der Waals surface area contributed by atoms with Crippen molar-refractivity contribution >= 4 is 40.0 Å². The van der Waals surface area contributed by atoms with E-state index in [-0.39, 0.29) is 21.5 Å². The van der Waals surface area contributed by atoms with Crippen LogP contribution in [0.2, 0.25) is 0 Å². The van der Waals surface area contributed by atoms with Crippen LogP contribution in [0.5, 0.6) is 0 Å². The second-order valence-corrected chi connectivity index (χ2v) is 2.66. The quantitative estimate of drug-likeness (QED) is 0.426. The van der Waals surface area contributed by atoms with Gasteiger partial charge >= 0.3 is 0 Å². The fraction of sp³-hybridized carbons (Fsp3) is 1.00. The Morgan fingerprint density at radius 3 is 2.14 bits per heavy atom. The van der Waals surface area contributed by atoms with Crippen LogP contribution in [0.1, 0.15) is 19.8 Å². The molecule has 1 nitrogen and oxygen atoms in total. The first-order valence-electron chi connectivity index (χ1n) is 2.09. The van der Waals surface area contributed by atoms with Crippen molar-refractivity contribution in [1.82, 2.24) is 0 Å². The molecule has 0 bridgehead atoms. The molecule has 0 aliphatic heterocycles. The molecule has 0 amide bonds. The van der Waals surface area contributed by atoms with Gasteiger partial charge in [0.2, 0.25) is 0 Å². The van der Waals surface area contributed by atoms with Gasteiger partial charge in [0.15, 0.2) is 0 Å². The molecule has 1 N–H and O–H groups in total. The van der Waals surface area contributed by atoms with Crippen molar-refractivity contribution in [1.29, 1.82) is 0 Å². The molecule has 0 rings (SSSR count). The predicted molar refractivity (Wildman–Crippen MR) is 40.7 cm³/mol. The first-order chi connectivity index (χ1) is 2.77. The monoisotopic (exact) mass is 227 g/mol. The van der Waals surface area contributed by atoms with Crippen LogP contribution in [-0.2, 0) is 0 Å². The van der Waals surface area contributed by atoms with E-state index >= 15 is 0 Å². The number of hydrogen-bond donors (Lipinski definition) is 1. The van der Waals surface area contributed by atoms with Gasteiger partial charge in [-0.15, -0.1) is 0 Å². The lowest BCUT2D eigenvalue weighted by molar-refractivity contribution is 0.267. The molecule has 41 valence electrons. The van der Waals surface area contributed by atoms with Crippen LogP contribution in [0.15, 0.2) is 0 Å². The van der Waals surface area contributed by atoms with Crippen LogP contribution in [0.3, 0.4) is 0 Å². The molecule has 0 aromatic rings. The van der Waals surface area contributed by atoms with Gasteiger partial charge in [0.1, 0.15) is 4.11 Å². The minimum Gasteiger partial charge on any atom is -0.383 e. The summed E-state index contributed by atoms with van der Waals surface area (Å²) in [5.74, 6) is 0. The third kappa shape index (κ3) is 11.0. The Morgan fingerprint density at radius 1 is 1.71 bits per heavy atom. The van der Waals surface area contributed by atoms with Gasteiger partial charge in [0.25, 0.3) is 0 Å². The number of halogens is 1. The normalized spacial score (nSPS) is 12.4. The van der Waals surface area contributed by atoms with Crippen LogP contribution >= 0.6 is 22.6 Å². The minimum absolute atomic E-state index is 0. The van der Waals surface area contributed by atoms with Crippen molar-refractivity contribution < 1.29 is 5.11 Å². The van der Waals surface area contributed by atoms with Gasteiger partial charge in [-0.1, -0.05) is 35.9 Å². The molecule has 0 aromatic heterocycles. The Hall–Kier alpha value is 1.22. The highest BCUT2D eigenvalue weighted by Gasteiger charge is 1.89. The van der Waals surface area contributed by atoms with Crippen LogP contribution in [0.4, 0.5) is 0 Å². The standard InChI is InChI=1S/C4H9IO.Al/c1-2-3-4(5)6;/h4,6H,2-3H2,1H3;. The summed E-state index contributed by atoms with van der Waals surface area (Å²) in [5.41, 5.74) is 0. The second-order valence-electron chi connectivity index (χ2n) is 1.22. The summed E-state index contributed by atoms with van der Waals surface area (Å²) in [6, 6.07) is 0. The molecular weight excluding hydrogens is 218 g/mol. The third-order valence-electron chi connectivity index (χ3n) is 0.527. The molecule has 0 saturated carbocycles. The summed E-state index contributed by atoms with van der Waals surface area (Å²) in [4.78, 5) is 0. The largest absolute Gasteiger partial charge is 0.383 e. The fourth-order valence-corrected chi connectivity index (χ4v) is 0.861. The number of hydrogen-bond acceptors (Lipinski definition) is 1. The topological polar surface area (TPSA) is 20.2 Å². The molecule has 1 atom stereocenters. The molecule has 3 radical (unpaired) electrons. The molecule has 0 spiro atoms. The number of rotatable bonds is 2. The number of aliphatic hydroxyl groups is 1. The zero-order valence-corrected chi connectivity index (χ0v) is 7.71. The summed E-state index contributed by atoms with van der Waals surface area (Å²) in [5, 5.41) is 8.54. The number of aliphatic hydroxyl groups excluding tert-OH is 1. The highest BCUT2D eigenvalue weighted by Crippen LogP contribution is 2.01. The van der Waals surface area contributed by atoms with Crippen LogP contribution in [-0.4, -0.2) is 26.6 Å². The van der Waals surface area contributed by atoms with E-state index in [0.29, 0.717) is 0 Å². The molecule has 0 aliphatic rings. The Balaban J connectivity index is 0. The second kappa shape index (κ2) is 7.22. The van der Waals surface area contributed by atoms with Crippen LogP contribution in [0.25, 0.3) is 0 Å². The lowest BCUT2D eigenvalue weighted by Crippen LogP contribution is -1.90. The van der Waals surface area contributed by atoms with Crippen molar-refractivity contribution in [3.05, 3.63) is 0 Å². The third-order valence-corrected chi connectivity index (χ3v) is 1.15. The predicted octanol–water partition coefficient (Wildman–Crippen LogP) is 1.16. The Labute approximate surface area is 68.8 Å². The molecule has 7 heavy (non-hydrogen) atoms. The molecule has 0 aromatic carbocycles. The van der Waals surface area contributed by atoms with Crippen molar-refractivity contribution in [3.8, 4) is 0 Å². The maximum atomic E-state index is 8.54. The van der Waals surface area contributed by atoms with E-state index in [1.165, 1.54) is 0 Å². The highest BCUT2D eigenvalue weighted by molar-refractivity contribution is 14.1. The van der Waals surface area contributed by atoms with Gasteiger partial charge in [-0.05, 0) is 6.42 Å². The molecule has 0 aliphatic carbocycles. The summed E-state index contributed by atoms with van der Waals surface area (Å²) < 4.78 is -0.132. The maximum Gasteiger partial charge on any atom is 0.105 e. The summed E-state index contributed by atoms with van der Waals surface area (Å²) in [6.45, 7) is 2.06. The smallest absolute Gasteiger partial charge is 0.105 e. The molecule has 3 heteroatoms. The molecule has 0 heterocycles. The first-order valence-corrected chi connectivity index (χ1v) is 3.34. The van der Waals surface area contributed by atoms with Crippen molar-refractivity contribution in [2.75, 3.05) is 0 Å². The SMILES string of the molecule is CCCC(O)I.[Al]. The molecular formula is C4H9AlIO. The number of alkyl halides is 1. The van der Waals surface area contributed by atoms with E-state index in [9.17, 15) is 0 Å². The maximum absolute atomic E-state index is 8.54.